The summed E-state index contributed by atoms with van der Waals surface area (Å²) in [7, 11) is 0. The minimum atomic E-state index is -0.225. The van der Waals surface area contributed by atoms with E-state index in [4.69, 9.17) is 0 Å². The topological polar surface area (TPSA) is 72.7 Å². The molecule has 4 aromatic rings. The van der Waals surface area contributed by atoms with E-state index < -0.39 is 0 Å². The maximum atomic E-state index is 12.6. The molecule has 0 unspecified atom stereocenters. The van der Waals surface area contributed by atoms with Gasteiger partial charge in [0.05, 0.1) is 28.8 Å². The summed E-state index contributed by atoms with van der Waals surface area (Å²) in [5.41, 5.74) is 3.91. The van der Waals surface area contributed by atoms with Gasteiger partial charge in [-0.1, -0.05) is 18.2 Å². The zero-order valence-electron chi connectivity index (χ0n) is 14.0. The van der Waals surface area contributed by atoms with Gasteiger partial charge >= 0.3 is 0 Å². The number of rotatable bonds is 4. The quantitative estimate of drug-likeness (QED) is 0.597. The molecule has 3 aromatic heterocycles. The van der Waals surface area contributed by atoms with Crippen LogP contribution in [-0.4, -0.2) is 25.7 Å². The van der Waals surface area contributed by atoms with Gasteiger partial charge in [0.1, 0.15) is 0 Å². The Morgan fingerprint density at radius 3 is 2.73 bits per heavy atom. The summed E-state index contributed by atoms with van der Waals surface area (Å²) in [5, 5.41) is 9.62. The maximum absolute atomic E-state index is 12.6. The lowest BCUT2D eigenvalue weighted by molar-refractivity contribution is 0.102. The number of nitrogens with zero attached hydrogens (tertiary/aromatic N) is 4. The number of para-hydroxylation sites is 1. The zero-order valence-corrected chi connectivity index (χ0v) is 14.8. The highest BCUT2D eigenvalue weighted by Gasteiger charge is 2.16. The van der Waals surface area contributed by atoms with Gasteiger partial charge in [-0.3, -0.25) is 15.1 Å². The molecule has 3 heterocycles. The van der Waals surface area contributed by atoms with Gasteiger partial charge in [-0.05, 0) is 31.2 Å². The molecule has 0 atom stereocenters. The van der Waals surface area contributed by atoms with E-state index in [1.165, 1.54) is 11.3 Å². The normalized spacial score (nSPS) is 10.7. The van der Waals surface area contributed by atoms with Gasteiger partial charge < -0.3 is 0 Å². The van der Waals surface area contributed by atoms with E-state index in [1.54, 1.807) is 23.3 Å². The number of carbonyl (C=O) groups is 1. The van der Waals surface area contributed by atoms with Gasteiger partial charge in [-0.25, -0.2) is 9.67 Å². The highest BCUT2D eigenvalue weighted by Crippen LogP contribution is 2.25. The molecule has 0 aliphatic carbocycles. The Labute approximate surface area is 154 Å². The smallest absolute Gasteiger partial charge is 0.260 e. The third kappa shape index (κ3) is 3.12. The number of nitrogens with one attached hydrogen (secondary N) is 1. The summed E-state index contributed by atoms with van der Waals surface area (Å²) >= 11 is 1.38. The molecule has 0 saturated carbocycles. The Morgan fingerprint density at radius 2 is 1.96 bits per heavy atom. The van der Waals surface area contributed by atoms with Crippen LogP contribution in [0.5, 0.6) is 0 Å². The summed E-state index contributed by atoms with van der Waals surface area (Å²) in [4.78, 5) is 21.2. The molecule has 0 aliphatic heterocycles. The number of hydrogen-bond acceptors (Lipinski definition) is 5. The SMILES string of the molecule is Cc1c(C(=O)Nc2nc(-c3cccnc3)cs2)cnn1-c1ccccc1. The molecule has 6 nitrogen and oxygen atoms in total. The van der Waals surface area contributed by atoms with Gasteiger partial charge in [0.25, 0.3) is 5.91 Å². The first-order valence-electron chi connectivity index (χ1n) is 8.00. The summed E-state index contributed by atoms with van der Waals surface area (Å²) < 4.78 is 1.75. The first-order chi connectivity index (χ1) is 12.7. The van der Waals surface area contributed by atoms with Gasteiger partial charge in [-0.15, -0.1) is 11.3 Å². The number of thiazole rings is 1. The molecule has 0 saturated heterocycles. The second-order valence-electron chi connectivity index (χ2n) is 5.62. The van der Waals surface area contributed by atoms with Crippen LogP contribution in [0.25, 0.3) is 16.9 Å². The van der Waals surface area contributed by atoms with Gasteiger partial charge in [0, 0.05) is 23.3 Å². The Balaban J connectivity index is 1.55. The van der Waals surface area contributed by atoms with E-state index in [-0.39, 0.29) is 5.91 Å². The van der Waals surface area contributed by atoms with E-state index in [1.807, 2.05) is 54.8 Å². The van der Waals surface area contributed by atoms with Gasteiger partial charge in [-0.2, -0.15) is 5.10 Å². The second kappa shape index (κ2) is 6.89. The van der Waals surface area contributed by atoms with E-state index in [0.717, 1.165) is 22.6 Å². The fourth-order valence-corrected chi connectivity index (χ4v) is 3.32. The zero-order chi connectivity index (χ0) is 17.9. The molecule has 0 spiro atoms. The average molecular weight is 361 g/mol. The monoisotopic (exact) mass is 361 g/mol. The standard InChI is InChI=1S/C19H15N5OS/c1-13-16(11-21-24(13)15-7-3-2-4-8-15)18(25)23-19-22-17(12-26-19)14-6-5-9-20-10-14/h2-12H,1H3,(H,22,23,25). The largest absolute Gasteiger partial charge is 0.298 e. The number of hydrogen-bond donors (Lipinski definition) is 1. The number of pyridine rings is 1. The van der Waals surface area contributed by atoms with E-state index in [2.05, 4.69) is 20.4 Å². The lowest BCUT2D eigenvalue weighted by atomic mass is 10.2. The number of amides is 1. The molecule has 1 N–H and O–H groups in total. The number of aromatic nitrogens is 4. The molecule has 0 radical (unpaired) electrons. The van der Waals surface area contributed by atoms with Crippen molar-refractivity contribution in [2.45, 2.75) is 6.92 Å². The van der Waals surface area contributed by atoms with Crippen LogP contribution in [0.15, 0.2) is 66.4 Å². The lowest BCUT2D eigenvalue weighted by Crippen LogP contribution is -2.13. The van der Waals surface area contributed by atoms with E-state index in [0.29, 0.717) is 10.7 Å². The van der Waals surface area contributed by atoms with Crippen molar-refractivity contribution < 1.29 is 4.79 Å². The molecule has 1 amide bonds. The number of carbonyl (C=O) groups excluding carboxylic acids is 1. The first kappa shape index (κ1) is 16.2. The molecule has 0 aliphatic rings. The van der Waals surface area contributed by atoms with Crippen molar-refractivity contribution >= 4 is 22.4 Å². The third-order valence-corrected chi connectivity index (χ3v) is 4.69. The molecule has 26 heavy (non-hydrogen) atoms. The van der Waals surface area contributed by atoms with Crippen LogP contribution < -0.4 is 5.32 Å². The van der Waals surface area contributed by atoms with Crippen LogP contribution >= 0.6 is 11.3 Å². The van der Waals surface area contributed by atoms with Crippen LogP contribution in [0.3, 0.4) is 0 Å². The summed E-state index contributed by atoms with van der Waals surface area (Å²) in [5.74, 6) is -0.225. The first-order valence-corrected chi connectivity index (χ1v) is 8.87. The Bertz CT molecular complexity index is 1040. The Kier molecular flexibility index (Phi) is 4.28. The Morgan fingerprint density at radius 1 is 1.12 bits per heavy atom. The van der Waals surface area contributed by atoms with Crippen LogP contribution in [0.4, 0.5) is 5.13 Å². The molecule has 7 heteroatoms. The predicted molar refractivity (Wildman–Crippen MR) is 102 cm³/mol. The van der Waals surface area contributed by atoms with Crippen molar-refractivity contribution in [3.8, 4) is 16.9 Å². The van der Waals surface area contributed by atoms with Crippen molar-refractivity contribution in [3.63, 3.8) is 0 Å². The summed E-state index contributed by atoms with van der Waals surface area (Å²) in [6.07, 6.45) is 5.04. The van der Waals surface area contributed by atoms with E-state index >= 15 is 0 Å². The predicted octanol–water partition coefficient (Wildman–Crippen LogP) is 3.95. The maximum Gasteiger partial charge on any atom is 0.260 e. The van der Waals surface area contributed by atoms with Gasteiger partial charge in [0.15, 0.2) is 5.13 Å². The molecule has 128 valence electrons. The third-order valence-electron chi connectivity index (χ3n) is 3.94. The molecule has 0 fully saturated rings. The van der Waals surface area contributed by atoms with E-state index in [9.17, 15) is 4.79 Å². The lowest BCUT2D eigenvalue weighted by Gasteiger charge is -2.05. The van der Waals surface area contributed by atoms with Crippen LogP contribution in [-0.2, 0) is 0 Å². The number of anilines is 1. The molecular formula is C19H15N5OS. The highest BCUT2D eigenvalue weighted by molar-refractivity contribution is 7.14. The summed E-state index contributed by atoms with van der Waals surface area (Å²) in [6, 6.07) is 13.5. The molecule has 0 bridgehead atoms. The van der Waals surface area contributed by atoms with Crippen molar-refractivity contribution in [1.82, 2.24) is 19.7 Å². The van der Waals surface area contributed by atoms with Crippen LogP contribution in [0.2, 0.25) is 0 Å². The average Bonchev–Trinajstić information content (AvgIpc) is 3.30. The second-order valence-corrected chi connectivity index (χ2v) is 6.48. The molecule has 4 rings (SSSR count). The molecular weight excluding hydrogens is 346 g/mol. The minimum absolute atomic E-state index is 0.225. The van der Waals surface area contributed by atoms with Crippen LogP contribution in [0.1, 0.15) is 16.1 Å². The fraction of sp³-hybridized carbons (Fsp3) is 0.0526. The molecule has 1 aromatic carbocycles. The Hall–Kier alpha value is -3.32. The number of benzene rings is 1. The van der Waals surface area contributed by atoms with Crippen molar-refractivity contribution in [2.24, 2.45) is 0 Å². The fourth-order valence-electron chi connectivity index (χ4n) is 2.60. The summed E-state index contributed by atoms with van der Waals surface area (Å²) in [6.45, 7) is 1.87. The van der Waals surface area contributed by atoms with Gasteiger partial charge in [0.2, 0.25) is 0 Å². The minimum Gasteiger partial charge on any atom is -0.298 e. The van der Waals surface area contributed by atoms with Crippen molar-refractivity contribution in [2.75, 3.05) is 5.32 Å². The van der Waals surface area contributed by atoms with Crippen molar-refractivity contribution in [1.29, 1.82) is 0 Å². The highest BCUT2D eigenvalue weighted by atomic mass is 32.1. The van der Waals surface area contributed by atoms with Crippen molar-refractivity contribution in [3.05, 3.63) is 77.7 Å². The van der Waals surface area contributed by atoms with Crippen LogP contribution in [0, 0.1) is 6.92 Å².